The highest BCUT2D eigenvalue weighted by molar-refractivity contribution is 6.74. The molecule has 0 heterocycles. The SMILES string of the molecule is CC(C)(C)[Si](C)(C)O[C@H]1CC[C@@](C)(O)[C@H]2C=CCC[C@]12C. The summed E-state index contributed by atoms with van der Waals surface area (Å²) in [7, 11) is -1.77. The molecule has 122 valence electrons. The summed E-state index contributed by atoms with van der Waals surface area (Å²) in [6, 6.07) is 0. The van der Waals surface area contributed by atoms with Gasteiger partial charge in [-0.2, -0.15) is 0 Å². The Morgan fingerprint density at radius 2 is 1.81 bits per heavy atom. The number of fused-ring (bicyclic) bond motifs is 1. The van der Waals surface area contributed by atoms with Crippen LogP contribution in [0.1, 0.15) is 60.3 Å². The topological polar surface area (TPSA) is 29.5 Å². The number of rotatable bonds is 2. The molecule has 0 unspecified atom stereocenters. The lowest BCUT2D eigenvalue weighted by Gasteiger charge is -2.56. The Morgan fingerprint density at radius 1 is 1.19 bits per heavy atom. The first kappa shape index (κ1) is 17.2. The zero-order valence-electron chi connectivity index (χ0n) is 15.0. The molecule has 2 rings (SSSR count). The second-order valence-electron chi connectivity index (χ2n) is 9.21. The van der Waals surface area contributed by atoms with Crippen molar-refractivity contribution in [2.45, 2.75) is 90.1 Å². The van der Waals surface area contributed by atoms with Crippen LogP contribution < -0.4 is 0 Å². The standard InChI is InChI=1S/C18H34O2Si/c1-16(2,3)21(6,7)20-15-11-13-18(5,19)14-10-8-9-12-17(14,15)4/h8,10,14-15,19H,9,11-13H2,1-7H3/t14-,15-,17-,18+/m0/s1. The van der Waals surface area contributed by atoms with E-state index in [2.05, 4.69) is 52.9 Å². The second-order valence-corrected chi connectivity index (χ2v) is 14.0. The van der Waals surface area contributed by atoms with Gasteiger partial charge in [-0.25, -0.2) is 0 Å². The molecule has 0 amide bonds. The molecular formula is C18H34O2Si. The summed E-state index contributed by atoms with van der Waals surface area (Å²) in [5.74, 6) is 0.224. The van der Waals surface area contributed by atoms with Gasteiger partial charge in [0, 0.05) is 11.3 Å². The summed E-state index contributed by atoms with van der Waals surface area (Å²) < 4.78 is 6.80. The normalized spacial score (nSPS) is 41.0. The fourth-order valence-electron chi connectivity index (χ4n) is 3.92. The van der Waals surface area contributed by atoms with Crippen LogP contribution in [0.2, 0.25) is 18.1 Å². The van der Waals surface area contributed by atoms with Crippen molar-refractivity contribution in [2.75, 3.05) is 0 Å². The lowest BCUT2D eigenvalue weighted by atomic mass is 9.56. The van der Waals surface area contributed by atoms with Gasteiger partial charge in [0.15, 0.2) is 8.32 Å². The van der Waals surface area contributed by atoms with E-state index in [1.54, 1.807) is 0 Å². The van der Waals surface area contributed by atoms with Crippen LogP contribution in [-0.4, -0.2) is 25.1 Å². The van der Waals surface area contributed by atoms with Crippen LogP contribution in [0.4, 0.5) is 0 Å². The minimum absolute atomic E-state index is 0.0754. The van der Waals surface area contributed by atoms with E-state index in [-0.39, 0.29) is 22.5 Å². The van der Waals surface area contributed by atoms with Gasteiger partial charge in [-0.15, -0.1) is 0 Å². The molecule has 0 radical (unpaired) electrons. The molecule has 3 heteroatoms. The van der Waals surface area contributed by atoms with Gasteiger partial charge in [-0.05, 0) is 50.7 Å². The summed E-state index contributed by atoms with van der Waals surface area (Å²) >= 11 is 0. The number of aliphatic hydroxyl groups is 1. The Morgan fingerprint density at radius 3 is 2.38 bits per heavy atom. The number of hydrogen-bond acceptors (Lipinski definition) is 2. The Balaban J connectivity index is 2.28. The molecule has 0 spiro atoms. The van der Waals surface area contributed by atoms with Crippen LogP contribution >= 0.6 is 0 Å². The summed E-state index contributed by atoms with van der Waals surface area (Å²) in [5, 5.41) is 11.1. The second kappa shape index (κ2) is 5.21. The third-order valence-corrected chi connectivity index (χ3v) is 10.9. The van der Waals surface area contributed by atoms with Crippen molar-refractivity contribution in [1.29, 1.82) is 0 Å². The molecule has 0 aromatic heterocycles. The lowest BCUT2D eigenvalue weighted by molar-refractivity contribution is -0.132. The van der Waals surface area contributed by atoms with Crippen LogP contribution in [0, 0.1) is 11.3 Å². The third-order valence-electron chi connectivity index (χ3n) is 6.45. The van der Waals surface area contributed by atoms with Gasteiger partial charge >= 0.3 is 0 Å². The van der Waals surface area contributed by atoms with Crippen LogP contribution in [0.5, 0.6) is 0 Å². The maximum absolute atomic E-state index is 10.8. The molecule has 0 saturated heterocycles. The quantitative estimate of drug-likeness (QED) is 0.581. The minimum Gasteiger partial charge on any atom is -0.413 e. The molecule has 1 N–H and O–H groups in total. The van der Waals surface area contributed by atoms with Gasteiger partial charge in [0.1, 0.15) is 0 Å². The third kappa shape index (κ3) is 3.02. The summed E-state index contributed by atoms with van der Waals surface area (Å²) in [4.78, 5) is 0. The molecule has 2 aliphatic carbocycles. The molecule has 0 aliphatic heterocycles. The van der Waals surface area contributed by atoms with E-state index in [4.69, 9.17) is 4.43 Å². The van der Waals surface area contributed by atoms with Crippen molar-refractivity contribution in [1.82, 2.24) is 0 Å². The molecule has 2 nitrogen and oxygen atoms in total. The Bertz CT molecular complexity index is 419. The van der Waals surface area contributed by atoms with Crippen molar-refractivity contribution in [3.63, 3.8) is 0 Å². The molecule has 4 atom stereocenters. The molecule has 2 aliphatic rings. The highest BCUT2D eigenvalue weighted by atomic mass is 28.4. The van der Waals surface area contributed by atoms with Gasteiger partial charge in [0.2, 0.25) is 0 Å². The van der Waals surface area contributed by atoms with Crippen molar-refractivity contribution >= 4 is 8.32 Å². The van der Waals surface area contributed by atoms with Crippen molar-refractivity contribution < 1.29 is 9.53 Å². The van der Waals surface area contributed by atoms with E-state index < -0.39 is 13.9 Å². The van der Waals surface area contributed by atoms with E-state index in [0.29, 0.717) is 0 Å². The summed E-state index contributed by atoms with van der Waals surface area (Å²) in [6.45, 7) is 15.9. The highest BCUT2D eigenvalue weighted by Crippen LogP contribution is 2.54. The first-order chi connectivity index (χ1) is 9.40. The van der Waals surface area contributed by atoms with E-state index >= 15 is 0 Å². The van der Waals surface area contributed by atoms with E-state index in [9.17, 15) is 5.11 Å². The van der Waals surface area contributed by atoms with Gasteiger partial charge in [-0.1, -0.05) is 39.8 Å². The number of allylic oxidation sites excluding steroid dienone is 1. The van der Waals surface area contributed by atoms with E-state index in [1.165, 1.54) is 0 Å². The molecule has 1 saturated carbocycles. The smallest absolute Gasteiger partial charge is 0.192 e. The molecule has 1 fully saturated rings. The van der Waals surface area contributed by atoms with Crippen molar-refractivity contribution in [3.05, 3.63) is 12.2 Å². The first-order valence-electron chi connectivity index (χ1n) is 8.47. The average molecular weight is 311 g/mol. The summed E-state index contributed by atoms with van der Waals surface area (Å²) in [5.41, 5.74) is -0.509. The predicted octanol–water partition coefficient (Wildman–Crippen LogP) is 4.89. The average Bonchev–Trinajstić information content (AvgIpc) is 2.32. The van der Waals surface area contributed by atoms with Crippen LogP contribution in [0.15, 0.2) is 12.2 Å². The lowest BCUT2D eigenvalue weighted by Crippen LogP contribution is -2.58. The van der Waals surface area contributed by atoms with Crippen LogP contribution in [0.3, 0.4) is 0 Å². The maximum Gasteiger partial charge on any atom is 0.192 e. The zero-order chi connectivity index (χ0) is 16.1. The molecule has 0 aromatic carbocycles. The van der Waals surface area contributed by atoms with Crippen molar-refractivity contribution in [2.24, 2.45) is 11.3 Å². The molecule has 21 heavy (non-hydrogen) atoms. The fourth-order valence-corrected chi connectivity index (χ4v) is 5.37. The minimum atomic E-state index is -1.77. The van der Waals surface area contributed by atoms with Crippen molar-refractivity contribution in [3.8, 4) is 0 Å². The summed E-state index contributed by atoms with van der Waals surface area (Å²) in [6.07, 6.45) is 8.86. The van der Waals surface area contributed by atoms with E-state index in [0.717, 1.165) is 25.7 Å². The Hall–Kier alpha value is -0.123. The van der Waals surface area contributed by atoms with Gasteiger partial charge < -0.3 is 9.53 Å². The molecular weight excluding hydrogens is 276 g/mol. The maximum atomic E-state index is 10.8. The largest absolute Gasteiger partial charge is 0.413 e. The van der Waals surface area contributed by atoms with Gasteiger partial charge in [0.25, 0.3) is 0 Å². The Labute approximate surface area is 132 Å². The zero-order valence-corrected chi connectivity index (χ0v) is 16.0. The Kier molecular flexibility index (Phi) is 4.27. The predicted molar refractivity (Wildman–Crippen MR) is 91.9 cm³/mol. The van der Waals surface area contributed by atoms with Crippen LogP contribution in [-0.2, 0) is 4.43 Å². The number of hydrogen-bond donors (Lipinski definition) is 1. The monoisotopic (exact) mass is 310 g/mol. The molecule has 0 bridgehead atoms. The van der Waals surface area contributed by atoms with Crippen LogP contribution in [0.25, 0.3) is 0 Å². The van der Waals surface area contributed by atoms with Gasteiger partial charge in [-0.3, -0.25) is 0 Å². The van der Waals surface area contributed by atoms with E-state index in [1.807, 2.05) is 6.92 Å². The highest BCUT2D eigenvalue weighted by Gasteiger charge is 2.55. The first-order valence-corrected chi connectivity index (χ1v) is 11.4. The fraction of sp³-hybridized carbons (Fsp3) is 0.889. The van der Waals surface area contributed by atoms with Gasteiger partial charge in [0.05, 0.1) is 11.7 Å². The molecule has 0 aromatic rings.